The first-order valence-corrected chi connectivity index (χ1v) is 6.25. The third kappa shape index (κ3) is 2.64. The molecule has 0 aliphatic heterocycles. The summed E-state index contributed by atoms with van der Waals surface area (Å²) >= 11 is 0. The fourth-order valence-electron chi connectivity index (χ4n) is 2.64. The monoisotopic (exact) mass is 213 g/mol. The molecule has 1 fully saturated rings. The fraction of sp³-hybridized carbons (Fsp3) is 0.533. The molecular formula is C15H19N. The third-order valence-electron chi connectivity index (χ3n) is 3.72. The molecular weight excluding hydrogens is 194 g/mol. The zero-order valence-electron chi connectivity index (χ0n) is 9.95. The molecule has 1 aliphatic carbocycles. The minimum absolute atomic E-state index is 0.539. The van der Waals surface area contributed by atoms with Gasteiger partial charge in [-0.25, -0.2) is 0 Å². The van der Waals surface area contributed by atoms with Gasteiger partial charge in [-0.3, -0.25) is 0 Å². The topological polar surface area (TPSA) is 23.8 Å². The van der Waals surface area contributed by atoms with E-state index in [9.17, 15) is 0 Å². The second kappa shape index (κ2) is 5.16. The van der Waals surface area contributed by atoms with E-state index in [0.29, 0.717) is 6.42 Å². The highest BCUT2D eigenvalue weighted by Crippen LogP contribution is 2.35. The van der Waals surface area contributed by atoms with E-state index in [2.05, 4.69) is 37.3 Å². The van der Waals surface area contributed by atoms with Gasteiger partial charge in [0.2, 0.25) is 0 Å². The Balaban J connectivity index is 2.09. The largest absolute Gasteiger partial charge is 0.198 e. The van der Waals surface area contributed by atoms with Gasteiger partial charge in [0.05, 0.1) is 12.5 Å². The molecule has 1 aliphatic rings. The molecule has 0 bridgehead atoms. The van der Waals surface area contributed by atoms with Crippen molar-refractivity contribution in [2.75, 3.05) is 0 Å². The number of hydrogen-bond donors (Lipinski definition) is 0. The van der Waals surface area contributed by atoms with Crippen LogP contribution in [0.3, 0.4) is 0 Å². The number of benzene rings is 1. The molecule has 0 heterocycles. The molecule has 0 saturated heterocycles. The van der Waals surface area contributed by atoms with Crippen LogP contribution in [0.15, 0.2) is 24.3 Å². The van der Waals surface area contributed by atoms with Crippen molar-refractivity contribution < 1.29 is 0 Å². The average Bonchev–Trinajstić information content (AvgIpc) is 2.31. The molecule has 2 rings (SSSR count). The molecule has 1 aromatic rings. The van der Waals surface area contributed by atoms with E-state index >= 15 is 0 Å². The van der Waals surface area contributed by atoms with Gasteiger partial charge in [-0.05, 0) is 35.8 Å². The lowest BCUT2D eigenvalue weighted by Crippen LogP contribution is -2.10. The molecule has 0 radical (unpaired) electrons. The smallest absolute Gasteiger partial charge is 0.0669 e. The predicted molar refractivity (Wildman–Crippen MR) is 66.1 cm³/mol. The average molecular weight is 213 g/mol. The van der Waals surface area contributed by atoms with E-state index in [1.165, 1.54) is 36.8 Å². The van der Waals surface area contributed by atoms with Crippen molar-refractivity contribution in [3.8, 4) is 6.07 Å². The molecule has 1 saturated carbocycles. The molecule has 84 valence electrons. The van der Waals surface area contributed by atoms with Gasteiger partial charge in [0.25, 0.3) is 0 Å². The van der Waals surface area contributed by atoms with Crippen molar-refractivity contribution in [2.24, 2.45) is 5.92 Å². The van der Waals surface area contributed by atoms with E-state index in [1.807, 2.05) is 0 Å². The number of nitriles is 1. The first-order valence-electron chi connectivity index (χ1n) is 6.25. The van der Waals surface area contributed by atoms with Crippen LogP contribution in [0.25, 0.3) is 0 Å². The Kier molecular flexibility index (Phi) is 3.62. The van der Waals surface area contributed by atoms with E-state index in [0.717, 1.165) is 11.8 Å². The summed E-state index contributed by atoms with van der Waals surface area (Å²) in [6.45, 7) is 2.35. The van der Waals surface area contributed by atoms with Gasteiger partial charge in [0, 0.05) is 0 Å². The maximum Gasteiger partial charge on any atom is 0.0669 e. The first-order chi connectivity index (χ1) is 7.79. The Labute approximate surface area is 98.1 Å². The van der Waals surface area contributed by atoms with E-state index < -0.39 is 0 Å². The second-order valence-corrected chi connectivity index (χ2v) is 5.04. The summed E-state index contributed by atoms with van der Waals surface area (Å²) < 4.78 is 0. The van der Waals surface area contributed by atoms with Crippen molar-refractivity contribution in [1.29, 1.82) is 5.26 Å². The lowest BCUT2D eigenvalue weighted by Gasteiger charge is -2.26. The minimum Gasteiger partial charge on any atom is -0.198 e. The standard InChI is InChI=1S/C15H19N/c1-12-5-7-14(8-6-12)15-4-2-3-13(11-15)9-10-16/h2-4,11-12,14H,5-9H2,1H3. The summed E-state index contributed by atoms with van der Waals surface area (Å²) in [4.78, 5) is 0. The van der Waals surface area contributed by atoms with Crippen molar-refractivity contribution in [1.82, 2.24) is 0 Å². The van der Waals surface area contributed by atoms with Gasteiger partial charge >= 0.3 is 0 Å². The van der Waals surface area contributed by atoms with Crippen LogP contribution < -0.4 is 0 Å². The first kappa shape index (κ1) is 11.2. The summed E-state index contributed by atoms with van der Waals surface area (Å²) in [7, 11) is 0. The Bertz CT molecular complexity index is 381. The Morgan fingerprint density at radius 2 is 2.00 bits per heavy atom. The second-order valence-electron chi connectivity index (χ2n) is 5.04. The molecule has 0 aromatic heterocycles. The summed E-state index contributed by atoms with van der Waals surface area (Å²) in [5.74, 6) is 1.63. The SMILES string of the molecule is CC1CCC(c2cccc(CC#N)c2)CC1. The molecule has 0 N–H and O–H groups in total. The molecule has 0 unspecified atom stereocenters. The maximum atomic E-state index is 8.71. The normalized spacial score (nSPS) is 25.0. The van der Waals surface area contributed by atoms with Crippen LogP contribution in [-0.2, 0) is 6.42 Å². The van der Waals surface area contributed by atoms with Crippen LogP contribution in [0.2, 0.25) is 0 Å². The van der Waals surface area contributed by atoms with Crippen LogP contribution in [0.5, 0.6) is 0 Å². The summed E-state index contributed by atoms with van der Waals surface area (Å²) in [5, 5.41) is 8.71. The van der Waals surface area contributed by atoms with Gasteiger partial charge in [-0.1, -0.05) is 44.0 Å². The van der Waals surface area contributed by atoms with E-state index in [1.54, 1.807) is 0 Å². The highest BCUT2D eigenvalue weighted by Gasteiger charge is 2.19. The Morgan fingerprint density at radius 3 is 2.69 bits per heavy atom. The zero-order valence-corrected chi connectivity index (χ0v) is 9.95. The van der Waals surface area contributed by atoms with Crippen molar-refractivity contribution in [3.63, 3.8) is 0 Å². The van der Waals surface area contributed by atoms with Gasteiger partial charge < -0.3 is 0 Å². The summed E-state index contributed by atoms with van der Waals surface area (Å²) in [6, 6.07) is 10.8. The molecule has 0 atom stereocenters. The number of rotatable bonds is 2. The third-order valence-corrected chi connectivity index (χ3v) is 3.72. The van der Waals surface area contributed by atoms with Gasteiger partial charge in [-0.15, -0.1) is 0 Å². The van der Waals surface area contributed by atoms with Crippen LogP contribution in [-0.4, -0.2) is 0 Å². The van der Waals surface area contributed by atoms with E-state index in [-0.39, 0.29) is 0 Å². The fourth-order valence-corrected chi connectivity index (χ4v) is 2.64. The summed E-state index contributed by atoms with van der Waals surface area (Å²) in [5.41, 5.74) is 2.61. The number of nitrogens with zero attached hydrogens (tertiary/aromatic N) is 1. The predicted octanol–water partition coefficient (Wildman–Crippen LogP) is 4.05. The lowest BCUT2D eigenvalue weighted by atomic mass is 9.79. The molecule has 0 amide bonds. The lowest BCUT2D eigenvalue weighted by molar-refractivity contribution is 0.348. The molecule has 1 heteroatoms. The van der Waals surface area contributed by atoms with Crippen LogP contribution >= 0.6 is 0 Å². The van der Waals surface area contributed by atoms with Crippen LogP contribution in [0, 0.1) is 17.2 Å². The van der Waals surface area contributed by atoms with Crippen molar-refractivity contribution >= 4 is 0 Å². The van der Waals surface area contributed by atoms with Crippen molar-refractivity contribution in [3.05, 3.63) is 35.4 Å². The molecule has 0 spiro atoms. The Hall–Kier alpha value is -1.29. The number of hydrogen-bond acceptors (Lipinski definition) is 1. The highest BCUT2D eigenvalue weighted by molar-refractivity contribution is 5.28. The summed E-state index contributed by atoms with van der Waals surface area (Å²) in [6.07, 6.45) is 5.88. The minimum atomic E-state index is 0.539. The molecule has 1 nitrogen and oxygen atoms in total. The quantitative estimate of drug-likeness (QED) is 0.727. The molecule has 1 aromatic carbocycles. The van der Waals surface area contributed by atoms with Gasteiger partial charge in [-0.2, -0.15) is 5.26 Å². The maximum absolute atomic E-state index is 8.71. The van der Waals surface area contributed by atoms with E-state index in [4.69, 9.17) is 5.26 Å². The zero-order chi connectivity index (χ0) is 11.4. The van der Waals surface area contributed by atoms with Crippen molar-refractivity contribution in [2.45, 2.75) is 44.9 Å². The van der Waals surface area contributed by atoms with Crippen LogP contribution in [0.1, 0.15) is 49.7 Å². The van der Waals surface area contributed by atoms with Crippen LogP contribution in [0.4, 0.5) is 0 Å². The van der Waals surface area contributed by atoms with Gasteiger partial charge in [0.15, 0.2) is 0 Å². The Morgan fingerprint density at radius 1 is 1.25 bits per heavy atom. The van der Waals surface area contributed by atoms with Gasteiger partial charge in [0.1, 0.15) is 0 Å². The molecule has 16 heavy (non-hydrogen) atoms. The highest BCUT2D eigenvalue weighted by atomic mass is 14.3.